The number of hydrogen-bond donors (Lipinski definition) is 1. The Labute approximate surface area is 113 Å². The second kappa shape index (κ2) is 6.21. The maximum atomic E-state index is 11.0. The van der Waals surface area contributed by atoms with E-state index in [4.69, 9.17) is 16.7 Å². The summed E-state index contributed by atoms with van der Waals surface area (Å²) in [6.45, 7) is 5.06. The number of carbonyl (C=O) groups is 1. The zero-order valence-corrected chi connectivity index (χ0v) is 11.9. The van der Waals surface area contributed by atoms with Crippen LogP contribution in [0.15, 0.2) is 24.3 Å². The topological polar surface area (TPSA) is 40.5 Å². The molecule has 0 fully saturated rings. The molecule has 1 aromatic carbocycles. The van der Waals surface area contributed by atoms with Crippen molar-refractivity contribution in [3.05, 3.63) is 34.9 Å². The molecule has 1 rings (SSSR count). The number of halogens is 1. The van der Waals surface area contributed by atoms with E-state index >= 15 is 0 Å². The average Bonchev–Trinajstić information content (AvgIpc) is 2.29. The van der Waals surface area contributed by atoms with Gasteiger partial charge in [-0.2, -0.15) is 0 Å². The molecule has 0 radical (unpaired) electrons. The minimum atomic E-state index is -0.748. The quantitative estimate of drug-likeness (QED) is 0.862. The van der Waals surface area contributed by atoms with Crippen molar-refractivity contribution in [1.29, 1.82) is 0 Å². The Morgan fingerprint density at radius 1 is 1.33 bits per heavy atom. The van der Waals surface area contributed by atoms with Crippen LogP contribution in [0, 0.1) is 5.41 Å². The molecular formula is C14H20ClNO2. The van der Waals surface area contributed by atoms with Gasteiger partial charge >= 0.3 is 5.97 Å². The van der Waals surface area contributed by atoms with Gasteiger partial charge in [0.2, 0.25) is 0 Å². The lowest BCUT2D eigenvalue weighted by molar-refractivity contribution is -0.147. The molecule has 0 saturated heterocycles. The molecule has 0 saturated carbocycles. The molecule has 1 N–H and O–H groups in total. The molecule has 3 nitrogen and oxygen atoms in total. The molecule has 0 aliphatic heterocycles. The van der Waals surface area contributed by atoms with Crippen molar-refractivity contribution in [2.75, 3.05) is 13.6 Å². The SMILES string of the molecule is CN(CCC(C)(C)C(=O)O)Cc1ccc(Cl)cc1. The third kappa shape index (κ3) is 4.67. The summed E-state index contributed by atoms with van der Waals surface area (Å²) in [7, 11) is 1.99. The molecule has 0 spiro atoms. The number of hydrogen-bond acceptors (Lipinski definition) is 2. The zero-order valence-electron chi connectivity index (χ0n) is 11.1. The van der Waals surface area contributed by atoms with Crippen LogP contribution in [0.4, 0.5) is 0 Å². The van der Waals surface area contributed by atoms with E-state index in [2.05, 4.69) is 4.90 Å². The van der Waals surface area contributed by atoms with Crippen LogP contribution in [-0.4, -0.2) is 29.6 Å². The molecular weight excluding hydrogens is 250 g/mol. The summed E-state index contributed by atoms with van der Waals surface area (Å²) < 4.78 is 0. The van der Waals surface area contributed by atoms with Crippen molar-refractivity contribution < 1.29 is 9.90 Å². The average molecular weight is 270 g/mol. The van der Waals surface area contributed by atoms with E-state index in [9.17, 15) is 4.79 Å². The van der Waals surface area contributed by atoms with Gasteiger partial charge in [0.15, 0.2) is 0 Å². The molecule has 4 heteroatoms. The number of aliphatic carboxylic acids is 1. The second-order valence-corrected chi connectivity index (χ2v) is 5.74. The van der Waals surface area contributed by atoms with Crippen LogP contribution in [0.3, 0.4) is 0 Å². The van der Waals surface area contributed by atoms with Gasteiger partial charge in [-0.3, -0.25) is 4.79 Å². The molecule has 0 heterocycles. The predicted octanol–water partition coefficient (Wildman–Crippen LogP) is 3.27. The van der Waals surface area contributed by atoms with Crippen LogP contribution in [-0.2, 0) is 11.3 Å². The largest absolute Gasteiger partial charge is 0.481 e. The van der Waals surface area contributed by atoms with Crippen molar-refractivity contribution >= 4 is 17.6 Å². The van der Waals surface area contributed by atoms with Crippen LogP contribution in [0.2, 0.25) is 5.02 Å². The first-order valence-corrected chi connectivity index (χ1v) is 6.35. The monoisotopic (exact) mass is 269 g/mol. The number of rotatable bonds is 6. The molecule has 100 valence electrons. The van der Waals surface area contributed by atoms with Gasteiger partial charge in [-0.05, 0) is 51.6 Å². The predicted molar refractivity (Wildman–Crippen MR) is 73.8 cm³/mol. The minimum absolute atomic E-state index is 0.631. The van der Waals surface area contributed by atoms with E-state index in [1.807, 2.05) is 31.3 Å². The van der Waals surface area contributed by atoms with E-state index in [1.165, 1.54) is 5.56 Å². The Morgan fingerprint density at radius 2 is 1.89 bits per heavy atom. The lowest BCUT2D eigenvalue weighted by Gasteiger charge is -2.23. The van der Waals surface area contributed by atoms with Crippen molar-refractivity contribution in [1.82, 2.24) is 4.90 Å². The standard InChI is InChI=1S/C14H20ClNO2/c1-14(2,13(17)18)8-9-16(3)10-11-4-6-12(15)7-5-11/h4-7H,8-10H2,1-3H3,(H,17,18). The molecule has 18 heavy (non-hydrogen) atoms. The Hall–Kier alpha value is -1.06. The number of carboxylic acids is 1. The first-order valence-electron chi connectivity index (χ1n) is 5.97. The van der Waals surface area contributed by atoms with Gasteiger partial charge in [-0.1, -0.05) is 23.7 Å². The van der Waals surface area contributed by atoms with E-state index in [-0.39, 0.29) is 0 Å². The highest BCUT2D eigenvalue weighted by molar-refractivity contribution is 6.30. The van der Waals surface area contributed by atoms with E-state index in [0.29, 0.717) is 6.42 Å². The molecule has 1 aromatic rings. The summed E-state index contributed by atoms with van der Waals surface area (Å²) in [5, 5.41) is 9.77. The van der Waals surface area contributed by atoms with Gasteiger partial charge in [0.1, 0.15) is 0 Å². The summed E-state index contributed by atoms with van der Waals surface area (Å²) in [4.78, 5) is 13.1. The smallest absolute Gasteiger partial charge is 0.309 e. The van der Waals surface area contributed by atoms with Crippen LogP contribution in [0.1, 0.15) is 25.8 Å². The first-order chi connectivity index (χ1) is 8.31. The fraction of sp³-hybridized carbons (Fsp3) is 0.500. The van der Waals surface area contributed by atoms with Crippen molar-refractivity contribution in [3.8, 4) is 0 Å². The summed E-state index contributed by atoms with van der Waals surface area (Å²) in [5.41, 5.74) is 0.504. The fourth-order valence-electron chi connectivity index (χ4n) is 1.56. The van der Waals surface area contributed by atoms with Crippen LogP contribution in [0.25, 0.3) is 0 Å². The molecule has 0 bridgehead atoms. The summed E-state index contributed by atoms with van der Waals surface area (Å²) >= 11 is 5.83. The van der Waals surface area contributed by atoms with Gasteiger partial charge in [0, 0.05) is 11.6 Å². The van der Waals surface area contributed by atoms with Gasteiger partial charge in [-0.15, -0.1) is 0 Å². The highest BCUT2D eigenvalue weighted by Crippen LogP contribution is 2.21. The lowest BCUT2D eigenvalue weighted by atomic mass is 9.89. The summed E-state index contributed by atoms with van der Waals surface area (Å²) in [6.07, 6.45) is 0.631. The fourth-order valence-corrected chi connectivity index (χ4v) is 1.68. The van der Waals surface area contributed by atoms with Crippen molar-refractivity contribution in [3.63, 3.8) is 0 Å². The van der Waals surface area contributed by atoms with Gasteiger partial charge < -0.3 is 10.0 Å². The molecule has 0 unspecified atom stereocenters. The first kappa shape index (κ1) is 15.0. The van der Waals surface area contributed by atoms with E-state index < -0.39 is 11.4 Å². The van der Waals surface area contributed by atoms with E-state index in [1.54, 1.807) is 13.8 Å². The number of benzene rings is 1. The van der Waals surface area contributed by atoms with Crippen LogP contribution < -0.4 is 0 Å². The third-order valence-corrected chi connectivity index (χ3v) is 3.32. The Bertz CT molecular complexity index is 401. The Kier molecular flexibility index (Phi) is 5.17. The Balaban J connectivity index is 2.45. The highest BCUT2D eigenvalue weighted by atomic mass is 35.5. The van der Waals surface area contributed by atoms with Gasteiger partial charge in [-0.25, -0.2) is 0 Å². The van der Waals surface area contributed by atoms with Crippen LogP contribution in [0.5, 0.6) is 0 Å². The van der Waals surface area contributed by atoms with Crippen molar-refractivity contribution in [2.24, 2.45) is 5.41 Å². The summed E-state index contributed by atoms with van der Waals surface area (Å²) in [5.74, 6) is -0.748. The molecule has 0 aliphatic rings. The minimum Gasteiger partial charge on any atom is -0.481 e. The molecule has 0 aromatic heterocycles. The molecule has 0 aliphatic carbocycles. The van der Waals surface area contributed by atoms with Gasteiger partial charge in [0.05, 0.1) is 5.41 Å². The number of nitrogens with zero attached hydrogens (tertiary/aromatic N) is 1. The van der Waals surface area contributed by atoms with Gasteiger partial charge in [0.25, 0.3) is 0 Å². The zero-order chi connectivity index (χ0) is 13.8. The maximum absolute atomic E-state index is 11.0. The maximum Gasteiger partial charge on any atom is 0.309 e. The second-order valence-electron chi connectivity index (χ2n) is 5.30. The highest BCUT2D eigenvalue weighted by Gasteiger charge is 2.26. The Morgan fingerprint density at radius 3 is 2.39 bits per heavy atom. The molecule has 0 atom stereocenters. The van der Waals surface area contributed by atoms with Crippen molar-refractivity contribution in [2.45, 2.75) is 26.8 Å². The lowest BCUT2D eigenvalue weighted by Crippen LogP contribution is -2.29. The third-order valence-electron chi connectivity index (χ3n) is 3.06. The van der Waals surface area contributed by atoms with Crippen LogP contribution >= 0.6 is 11.6 Å². The number of carboxylic acid groups (broad SMARTS) is 1. The van der Waals surface area contributed by atoms with E-state index in [0.717, 1.165) is 18.1 Å². The summed E-state index contributed by atoms with van der Waals surface area (Å²) in [6, 6.07) is 7.71. The normalized spacial score (nSPS) is 11.8. The molecule has 0 amide bonds.